The van der Waals surface area contributed by atoms with Gasteiger partial charge in [0.05, 0.1) is 0 Å². The minimum absolute atomic E-state index is 0.220. The first-order valence-corrected chi connectivity index (χ1v) is 7.34. The number of carbonyl (C=O) groups is 1. The second-order valence-electron chi connectivity index (χ2n) is 6.25. The fourth-order valence-corrected chi connectivity index (χ4v) is 2.32. The minimum Gasteiger partial charge on any atom is -0.444 e. The lowest BCUT2D eigenvalue weighted by Crippen LogP contribution is -2.50. The molecule has 1 amide bonds. The third-order valence-corrected chi connectivity index (χ3v) is 3.40. The molecule has 4 nitrogen and oxygen atoms in total. The van der Waals surface area contributed by atoms with Gasteiger partial charge in [-0.2, -0.15) is 0 Å². The lowest BCUT2D eigenvalue weighted by molar-refractivity contribution is 0.0240. The summed E-state index contributed by atoms with van der Waals surface area (Å²) in [6, 6.07) is 8.28. The van der Waals surface area contributed by atoms with Crippen LogP contribution in [0.3, 0.4) is 0 Å². The number of ether oxygens (including phenoxy) is 1. The van der Waals surface area contributed by atoms with Crippen molar-refractivity contribution in [1.29, 1.82) is 0 Å². The molecule has 1 aromatic carbocycles. The Kier molecular flexibility index (Phi) is 4.56. The van der Waals surface area contributed by atoms with E-state index < -0.39 is 5.60 Å². The molecule has 114 valence electrons. The quantitative estimate of drug-likeness (QED) is 0.836. The third kappa shape index (κ3) is 4.25. The van der Waals surface area contributed by atoms with Gasteiger partial charge in [0.1, 0.15) is 5.60 Å². The van der Waals surface area contributed by atoms with Crippen LogP contribution >= 0.6 is 0 Å². The maximum atomic E-state index is 12.0. The van der Waals surface area contributed by atoms with Crippen LogP contribution in [0.4, 0.5) is 10.5 Å². The summed E-state index contributed by atoms with van der Waals surface area (Å²) in [4.78, 5) is 16.1. The molecule has 0 aromatic heterocycles. The zero-order valence-corrected chi connectivity index (χ0v) is 13.1. The van der Waals surface area contributed by atoms with Crippen molar-refractivity contribution in [2.24, 2.45) is 0 Å². The highest BCUT2D eigenvalue weighted by Crippen LogP contribution is 2.19. The molecule has 0 unspecified atom stereocenters. The Morgan fingerprint density at radius 1 is 1.24 bits per heavy atom. The van der Waals surface area contributed by atoms with Gasteiger partial charge < -0.3 is 14.5 Å². The number of anilines is 1. The number of carbonyl (C=O) groups excluding carboxylic acids is 1. The summed E-state index contributed by atoms with van der Waals surface area (Å²) in [6.07, 6.45) is 1.63. The van der Waals surface area contributed by atoms with Crippen molar-refractivity contribution >= 4 is 17.9 Å². The summed E-state index contributed by atoms with van der Waals surface area (Å²) in [7, 11) is 0. The van der Waals surface area contributed by atoms with Crippen molar-refractivity contribution in [2.75, 3.05) is 31.1 Å². The number of rotatable bonds is 2. The van der Waals surface area contributed by atoms with Crippen molar-refractivity contribution in [2.45, 2.75) is 26.4 Å². The van der Waals surface area contributed by atoms with Crippen LogP contribution in [0.15, 0.2) is 30.8 Å². The normalized spacial score (nSPS) is 15.8. The van der Waals surface area contributed by atoms with Gasteiger partial charge in [0, 0.05) is 31.9 Å². The van der Waals surface area contributed by atoms with E-state index in [-0.39, 0.29) is 6.09 Å². The summed E-state index contributed by atoms with van der Waals surface area (Å²) in [5, 5.41) is 0. The van der Waals surface area contributed by atoms with E-state index >= 15 is 0 Å². The summed E-state index contributed by atoms with van der Waals surface area (Å²) in [6.45, 7) is 12.5. The summed E-state index contributed by atoms with van der Waals surface area (Å²) in [5.74, 6) is 0. The van der Waals surface area contributed by atoms with Crippen LogP contribution in [0.1, 0.15) is 26.3 Å². The largest absolute Gasteiger partial charge is 0.444 e. The van der Waals surface area contributed by atoms with Crippen molar-refractivity contribution < 1.29 is 9.53 Å². The Balaban J connectivity index is 1.93. The summed E-state index contributed by atoms with van der Waals surface area (Å²) < 4.78 is 5.41. The van der Waals surface area contributed by atoms with Gasteiger partial charge in [-0.1, -0.05) is 24.8 Å². The Labute approximate surface area is 127 Å². The molecule has 0 saturated carbocycles. The van der Waals surface area contributed by atoms with Gasteiger partial charge >= 0.3 is 6.09 Å². The topological polar surface area (TPSA) is 32.8 Å². The van der Waals surface area contributed by atoms with Crippen LogP contribution in [0.5, 0.6) is 0 Å². The Bertz CT molecular complexity index is 512. The lowest BCUT2D eigenvalue weighted by Gasteiger charge is -2.36. The van der Waals surface area contributed by atoms with Crippen molar-refractivity contribution in [3.63, 3.8) is 0 Å². The van der Waals surface area contributed by atoms with Crippen LogP contribution in [-0.4, -0.2) is 42.8 Å². The molecule has 1 aliphatic heterocycles. The molecule has 2 rings (SSSR count). The second-order valence-corrected chi connectivity index (χ2v) is 6.25. The molecule has 0 bridgehead atoms. The maximum absolute atomic E-state index is 12.0. The lowest BCUT2D eigenvalue weighted by atomic mass is 10.1. The predicted molar refractivity (Wildman–Crippen MR) is 86.6 cm³/mol. The number of amides is 1. The Hall–Kier alpha value is -1.97. The summed E-state index contributed by atoms with van der Waals surface area (Å²) in [5.41, 5.74) is 1.85. The molecule has 1 fully saturated rings. The first kappa shape index (κ1) is 15.4. The van der Waals surface area contributed by atoms with E-state index in [2.05, 4.69) is 23.6 Å². The van der Waals surface area contributed by atoms with E-state index in [9.17, 15) is 4.79 Å². The van der Waals surface area contributed by atoms with Gasteiger partial charge in [-0.25, -0.2) is 4.79 Å². The number of piperazine rings is 1. The first-order valence-electron chi connectivity index (χ1n) is 7.34. The molecule has 1 aliphatic rings. The van der Waals surface area contributed by atoms with E-state index in [0.29, 0.717) is 13.1 Å². The first-order chi connectivity index (χ1) is 9.89. The maximum Gasteiger partial charge on any atom is 0.410 e. The van der Waals surface area contributed by atoms with Crippen LogP contribution in [0.2, 0.25) is 0 Å². The SMILES string of the molecule is C=Cc1cccc(N2CCN(C(=O)OC(C)(C)C)CC2)c1. The molecule has 1 heterocycles. The Morgan fingerprint density at radius 3 is 2.48 bits per heavy atom. The fourth-order valence-electron chi connectivity index (χ4n) is 2.32. The highest BCUT2D eigenvalue weighted by atomic mass is 16.6. The highest BCUT2D eigenvalue weighted by Gasteiger charge is 2.25. The number of nitrogens with zero attached hydrogens (tertiary/aromatic N) is 2. The molecular weight excluding hydrogens is 264 g/mol. The van der Waals surface area contributed by atoms with E-state index in [1.54, 1.807) is 4.90 Å². The molecule has 0 spiro atoms. The van der Waals surface area contributed by atoms with Crippen LogP contribution in [0.25, 0.3) is 6.08 Å². The second kappa shape index (κ2) is 6.20. The number of benzene rings is 1. The molecule has 0 radical (unpaired) electrons. The smallest absolute Gasteiger partial charge is 0.410 e. The van der Waals surface area contributed by atoms with Crippen LogP contribution in [-0.2, 0) is 4.74 Å². The van der Waals surface area contributed by atoms with Gasteiger partial charge in [-0.15, -0.1) is 0 Å². The van der Waals surface area contributed by atoms with E-state index in [1.807, 2.05) is 39.0 Å². The molecular formula is C17H24N2O2. The molecule has 0 atom stereocenters. The van der Waals surface area contributed by atoms with E-state index in [1.165, 1.54) is 5.69 Å². The molecule has 0 N–H and O–H groups in total. The van der Waals surface area contributed by atoms with Gasteiger partial charge in [0.25, 0.3) is 0 Å². The standard InChI is InChI=1S/C17H24N2O2/c1-5-14-7-6-8-15(13-14)18-9-11-19(12-10-18)16(20)21-17(2,3)4/h5-8,13H,1,9-12H2,2-4H3. The zero-order valence-electron chi connectivity index (χ0n) is 13.1. The van der Waals surface area contributed by atoms with Crippen molar-refractivity contribution in [1.82, 2.24) is 4.90 Å². The van der Waals surface area contributed by atoms with Gasteiger partial charge in [-0.3, -0.25) is 0 Å². The monoisotopic (exact) mass is 288 g/mol. The van der Waals surface area contributed by atoms with Crippen LogP contribution in [0, 0.1) is 0 Å². The van der Waals surface area contributed by atoms with Gasteiger partial charge in [0.2, 0.25) is 0 Å². The number of hydrogen-bond acceptors (Lipinski definition) is 3. The zero-order chi connectivity index (χ0) is 15.5. The summed E-state index contributed by atoms with van der Waals surface area (Å²) >= 11 is 0. The molecule has 21 heavy (non-hydrogen) atoms. The van der Waals surface area contributed by atoms with Gasteiger partial charge in [-0.05, 0) is 38.5 Å². The van der Waals surface area contributed by atoms with E-state index in [0.717, 1.165) is 18.7 Å². The predicted octanol–water partition coefficient (Wildman–Crippen LogP) is 3.39. The average Bonchev–Trinajstić information content (AvgIpc) is 2.46. The average molecular weight is 288 g/mol. The number of hydrogen-bond donors (Lipinski definition) is 0. The minimum atomic E-state index is -0.438. The molecule has 4 heteroatoms. The molecule has 1 saturated heterocycles. The fraction of sp³-hybridized carbons (Fsp3) is 0.471. The molecule has 0 aliphatic carbocycles. The van der Waals surface area contributed by atoms with Crippen molar-refractivity contribution in [3.05, 3.63) is 36.4 Å². The highest BCUT2D eigenvalue weighted by molar-refractivity contribution is 5.68. The van der Waals surface area contributed by atoms with Crippen molar-refractivity contribution in [3.8, 4) is 0 Å². The Morgan fingerprint density at radius 2 is 1.90 bits per heavy atom. The van der Waals surface area contributed by atoms with Crippen LogP contribution < -0.4 is 4.90 Å². The molecule has 1 aromatic rings. The third-order valence-electron chi connectivity index (χ3n) is 3.40. The van der Waals surface area contributed by atoms with Gasteiger partial charge in [0.15, 0.2) is 0 Å². The van der Waals surface area contributed by atoms with E-state index in [4.69, 9.17) is 4.74 Å².